The minimum Gasteiger partial charge on any atom is -0.303 e. The lowest BCUT2D eigenvalue weighted by molar-refractivity contribution is 0.0979. The van der Waals surface area contributed by atoms with Crippen LogP contribution >= 0.6 is 0 Å². The fourth-order valence-corrected chi connectivity index (χ4v) is 3.26. The van der Waals surface area contributed by atoms with Gasteiger partial charge in [0.2, 0.25) is 0 Å². The molecule has 0 aliphatic rings. The molecule has 0 saturated heterocycles. The molecule has 0 aliphatic carbocycles. The Morgan fingerprint density at radius 2 is 1.55 bits per heavy atom. The predicted octanol–water partition coefficient (Wildman–Crippen LogP) is 5.07. The second-order valence-electron chi connectivity index (χ2n) is 6.76. The molecule has 0 atom stereocenters. The summed E-state index contributed by atoms with van der Waals surface area (Å²) in [5.74, 6) is -0.491. The summed E-state index contributed by atoms with van der Waals surface area (Å²) < 4.78 is 14.9. The molecule has 0 N–H and O–H groups in total. The van der Waals surface area contributed by atoms with E-state index in [9.17, 15) is 9.18 Å². The van der Waals surface area contributed by atoms with Gasteiger partial charge in [-0.3, -0.25) is 9.48 Å². The first-order valence-electron chi connectivity index (χ1n) is 9.32. The first-order chi connectivity index (χ1) is 14.1. The highest BCUT2D eigenvalue weighted by Crippen LogP contribution is 2.24. The van der Waals surface area contributed by atoms with Gasteiger partial charge in [-0.15, -0.1) is 0 Å². The van der Waals surface area contributed by atoms with E-state index < -0.39 is 0 Å². The second kappa shape index (κ2) is 8.10. The van der Waals surface area contributed by atoms with Gasteiger partial charge in [0.25, 0.3) is 5.91 Å². The van der Waals surface area contributed by atoms with Crippen molar-refractivity contribution in [3.05, 3.63) is 108 Å². The van der Waals surface area contributed by atoms with E-state index in [2.05, 4.69) is 5.10 Å². The molecule has 0 bridgehead atoms. The van der Waals surface area contributed by atoms with Crippen LogP contribution in [0.15, 0.2) is 91.0 Å². The lowest BCUT2D eigenvalue weighted by Crippen LogP contribution is -2.30. The van der Waals surface area contributed by atoms with Crippen LogP contribution < -0.4 is 4.90 Å². The Labute approximate surface area is 168 Å². The van der Waals surface area contributed by atoms with Gasteiger partial charge in [-0.05, 0) is 53.6 Å². The number of aromatic nitrogens is 2. The van der Waals surface area contributed by atoms with Gasteiger partial charge in [0.15, 0.2) is 5.69 Å². The molecule has 1 amide bonds. The number of benzene rings is 3. The summed E-state index contributed by atoms with van der Waals surface area (Å²) in [6.45, 7) is 0.437. The number of hydrogen-bond donors (Lipinski definition) is 0. The number of para-hydroxylation sites is 1. The Morgan fingerprint density at radius 3 is 2.21 bits per heavy atom. The number of carbonyl (C=O) groups excluding carboxylic acids is 1. The molecule has 4 aromatic rings. The molecular weight excluding hydrogens is 365 g/mol. The molecule has 5 heteroatoms. The van der Waals surface area contributed by atoms with Crippen LogP contribution in [-0.4, -0.2) is 15.7 Å². The van der Waals surface area contributed by atoms with E-state index in [0.29, 0.717) is 12.2 Å². The predicted molar refractivity (Wildman–Crippen MR) is 112 cm³/mol. The standard InChI is InChI=1S/C24H20FN3O/c1-27-23(19-12-14-20(25)15-13-19)16-22(26-27)24(29)28(21-10-6-3-7-11-21)17-18-8-4-2-5-9-18/h2-16H,17H2,1H3. The van der Waals surface area contributed by atoms with Gasteiger partial charge in [-0.25, -0.2) is 4.39 Å². The summed E-state index contributed by atoms with van der Waals surface area (Å²) in [5, 5.41) is 4.43. The Hall–Kier alpha value is -3.73. The van der Waals surface area contributed by atoms with E-state index in [1.165, 1.54) is 12.1 Å². The Morgan fingerprint density at radius 1 is 0.931 bits per heavy atom. The van der Waals surface area contributed by atoms with E-state index in [-0.39, 0.29) is 11.7 Å². The topological polar surface area (TPSA) is 38.1 Å². The van der Waals surface area contributed by atoms with Crippen LogP contribution in [0.25, 0.3) is 11.3 Å². The fraction of sp³-hybridized carbons (Fsp3) is 0.0833. The molecule has 4 rings (SSSR count). The third kappa shape index (κ3) is 4.09. The molecule has 0 saturated carbocycles. The molecule has 29 heavy (non-hydrogen) atoms. The number of carbonyl (C=O) groups is 1. The third-order valence-corrected chi connectivity index (χ3v) is 4.74. The van der Waals surface area contributed by atoms with Crippen LogP contribution in [0.4, 0.5) is 10.1 Å². The maximum atomic E-state index is 13.4. The Balaban J connectivity index is 1.69. The summed E-state index contributed by atoms with van der Waals surface area (Å²) in [7, 11) is 1.78. The quantitative estimate of drug-likeness (QED) is 0.481. The van der Waals surface area contributed by atoms with Crippen molar-refractivity contribution in [2.75, 3.05) is 4.90 Å². The average molecular weight is 385 g/mol. The Kier molecular flexibility index (Phi) is 5.20. The van der Waals surface area contributed by atoms with Gasteiger partial charge in [0.1, 0.15) is 5.82 Å². The maximum absolute atomic E-state index is 13.4. The minimum atomic E-state index is -0.301. The molecule has 0 unspecified atom stereocenters. The molecule has 144 valence electrons. The van der Waals surface area contributed by atoms with Gasteiger partial charge in [-0.2, -0.15) is 5.10 Å². The average Bonchev–Trinajstić information content (AvgIpc) is 3.15. The first-order valence-corrected chi connectivity index (χ1v) is 9.32. The highest BCUT2D eigenvalue weighted by atomic mass is 19.1. The first kappa shape index (κ1) is 18.6. The largest absolute Gasteiger partial charge is 0.303 e. The van der Waals surface area contributed by atoms with Crippen molar-refractivity contribution >= 4 is 11.6 Å². The fourth-order valence-electron chi connectivity index (χ4n) is 3.26. The molecule has 1 aromatic heterocycles. The van der Waals surface area contributed by atoms with Crippen LogP contribution in [0.5, 0.6) is 0 Å². The van der Waals surface area contributed by atoms with Crippen molar-refractivity contribution in [1.82, 2.24) is 9.78 Å². The van der Waals surface area contributed by atoms with E-state index in [4.69, 9.17) is 0 Å². The SMILES string of the molecule is Cn1nc(C(=O)N(Cc2ccccc2)c2ccccc2)cc1-c1ccc(F)cc1. The highest BCUT2D eigenvalue weighted by Gasteiger charge is 2.22. The summed E-state index contributed by atoms with van der Waals surface area (Å²) in [5.41, 5.74) is 3.72. The van der Waals surface area contributed by atoms with Crippen LogP contribution in [0, 0.1) is 5.82 Å². The molecule has 0 aliphatic heterocycles. The number of hydrogen-bond acceptors (Lipinski definition) is 2. The number of halogens is 1. The number of rotatable bonds is 5. The second-order valence-corrected chi connectivity index (χ2v) is 6.76. The zero-order valence-electron chi connectivity index (χ0n) is 16.0. The highest BCUT2D eigenvalue weighted by molar-refractivity contribution is 6.05. The van der Waals surface area contributed by atoms with Gasteiger partial charge < -0.3 is 4.90 Å². The summed E-state index contributed by atoms with van der Waals surface area (Å²) in [6, 6.07) is 27.3. The molecule has 0 spiro atoms. The number of aryl methyl sites for hydroxylation is 1. The number of nitrogens with zero attached hydrogens (tertiary/aromatic N) is 3. The Bertz CT molecular complexity index is 1110. The van der Waals surface area contributed by atoms with E-state index in [0.717, 1.165) is 22.5 Å². The van der Waals surface area contributed by atoms with Gasteiger partial charge in [0, 0.05) is 12.7 Å². The van der Waals surface area contributed by atoms with Gasteiger partial charge >= 0.3 is 0 Å². The molecule has 0 radical (unpaired) electrons. The van der Waals surface area contributed by atoms with Crippen LogP contribution in [0.2, 0.25) is 0 Å². The number of amides is 1. The zero-order chi connectivity index (χ0) is 20.2. The zero-order valence-corrected chi connectivity index (χ0v) is 16.0. The lowest BCUT2D eigenvalue weighted by atomic mass is 10.1. The molecule has 1 heterocycles. The summed E-state index contributed by atoms with van der Waals surface area (Å²) in [6.07, 6.45) is 0. The smallest absolute Gasteiger partial charge is 0.279 e. The van der Waals surface area contributed by atoms with E-state index >= 15 is 0 Å². The molecule has 0 fully saturated rings. The van der Waals surface area contributed by atoms with Crippen molar-refractivity contribution in [3.63, 3.8) is 0 Å². The van der Waals surface area contributed by atoms with Crippen LogP contribution in [0.1, 0.15) is 16.1 Å². The van der Waals surface area contributed by atoms with Crippen molar-refractivity contribution in [1.29, 1.82) is 0 Å². The van der Waals surface area contributed by atoms with Crippen molar-refractivity contribution < 1.29 is 9.18 Å². The van der Waals surface area contributed by atoms with Gasteiger partial charge in [0.05, 0.1) is 12.2 Å². The minimum absolute atomic E-state index is 0.191. The molecular formula is C24H20FN3O. The maximum Gasteiger partial charge on any atom is 0.279 e. The van der Waals surface area contributed by atoms with E-state index in [1.807, 2.05) is 60.7 Å². The van der Waals surface area contributed by atoms with E-state index in [1.54, 1.807) is 34.8 Å². The molecule has 3 aromatic carbocycles. The van der Waals surface area contributed by atoms with Crippen molar-refractivity contribution in [3.8, 4) is 11.3 Å². The van der Waals surface area contributed by atoms with Crippen molar-refractivity contribution in [2.45, 2.75) is 6.54 Å². The normalized spacial score (nSPS) is 10.7. The van der Waals surface area contributed by atoms with Gasteiger partial charge in [-0.1, -0.05) is 48.5 Å². The summed E-state index contributed by atoms with van der Waals surface area (Å²) in [4.78, 5) is 15.1. The number of anilines is 1. The lowest BCUT2D eigenvalue weighted by Gasteiger charge is -2.22. The summed E-state index contributed by atoms with van der Waals surface area (Å²) >= 11 is 0. The van der Waals surface area contributed by atoms with Crippen LogP contribution in [-0.2, 0) is 13.6 Å². The third-order valence-electron chi connectivity index (χ3n) is 4.74. The van der Waals surface area contributed by atoms with Crippen LogP contribution in [0.3, 0.4) is 0 Å². The monoisotopic (exact) mass is 385 g/mol. The van der Waals surface area contributed by atoms with Crippen molar-refractivity contribution in [2.24, 2.45) is 7.05 Å². The molecule has 4 nitrogen and oxygen atoms in total.